The van der Waals surface area contributed by atoms with Crippen molar-refractivity contribution >= 4 is 11.4 Å². The van der Waals surface area contributed by atoms with E-state index in [1.165, 1.54) is 0 Å². The van der Waals surface area contributed by atoms with Gasteiger partial charge < -0.3 is 26.2 Å². The van der Waals surface area contributed by atoms with E-state index in [2.05, 4.69) is 10.6 Å². The molecular formula is C11H17N3O2. The van der Waals surface area contributed by atoms with Gasteiger partial charge in [0.05, 0.1) is 24.9 Å². The summed E-state index contributed by atoms with van der Waals surface area (Å²) in [5.74, 6) is 0.694. The van der Waals surface area contributed by atoms with Gasteiger partial charge in [-0.15, -0.1) is 0 Å². The quantitative estimate of drug-likeness (QED) is 0.543. The van der Waals surface area contributed by atoms with Crippen LogP contribution in [0.25, 0.3) is 0 Å². The van der Waals surface area contributed by atoms with Crippen molar-refractivity contribution in [1.82, 2.24) is 5.32 Å². The molecule has 0 saturated carbocycles. The third kappa shape index (κ3) is 2.20. The first-order valence-corrected chi connectivity index (χ1v) is 5.29. The number of hydrogen-bond donors (Lipinski definition) is 4. The zero-order chi connectivity index (χ0) is 11.5. The van der Waals surface area contributed by atoms with Gasteiger partial charge in [-0.25, -0.2) is 0 Å². The lowest BCUT2D eigenvalue weighted by Gasteiger charge is -2.19. The standard InChI is InChI=1S/C11H17N3O2/c1-16-11-4-7(12)2-3-8(11)14-9-5-13-6-10(9)15/h2-4,9-10,13-15H,5-6,12H2,1H3/t9-,10+/m0/s1. The van der Waals surface area contributed by atoms with Crippen LogP contribution in [0.4, 0.5) is 11.4 Å². The Morgan fingerprint density at radius 3 is 2.94 bits per heavy atom. The van der Waals surface area contributed by atoms with Crippen LogP contribution >= 0.6 is 0 Å². The number of anilines is 2. The lowest BCUT2D eigenvalue weighted by atomic mass is 10.2. The molecule has 1 saturated heterocycles. The molecule has 16 heavy (non-hydrogen) atoms. The van der Waals surface area contributed by atoms with Crippen molar-refractivity contribution in [1.29, 1.82) is 0 Å². The number of hydrogen-bond acceptors (Lipinski definition) is 5. The van der Waals surface area contributed by atoms with E-state index in [9.17, 15) is 5.11 Å². The number of nitrogen functional groups attached to an aromatic ring is 1. The first-order chi connectivity index (χ1) is 7.70. The molecule has 0 unspecified atom stereocenters. The summed E-state index contributed by atoms with van der Waals surface area (Å²) in [5.41, 5.74) is 7.18. The maximum atomic E-state index is 9.68. The van der Waals surface area contributed by atoms with E-state index in [0.717, 1.165) is 12.2 Å². The molecule has 5 N–H and O–H groups in total. The van der Waals surface area contributed by atoms with E-state index in [0.29, 0.717) is 18.0 Å². The molecule has 1 aromatic carbocycles. The van der Waals surface area contributed by atoms with E-state index in [1.807, 2.05) is 6.07 Å². The normalized spacial score (nSPS) is 24.4. The molecule has 2 rings (SSSR count). The van der Waals surface area contributed by atoms with Crippen LogP contribution in [0.1, 0.15) is 0 Å². The van der Waals surface area contributed by atoms with Crippen molar-refractivity contribution in [2.75, 3.05) is 31.2 Å². The molecule has 1 aliphatic rings. The summed E-state index contributed by atoms with van der Waals surface area (Å²) in [6.07, 6.45) is -0.373. The van der Waals surface area contributed by atoms with Gasteiger partial charge in [-0.3, -0.25) is 0 Å². The topological polar surface area (TPSA) is 79.5 Å². The Bertz CT molecular complexity index is 370. The van der Waals surface area contributed by atoms with E-state index < -0.39 is 0 Å². The molecule has 0 radical (unpaired) electrons. The lowest BCUT2D eigenvalue weighted by molar-refractivity contribution is 0.185. The zero-order valence-electron chi connectivity index (χ0n) is 9.23. The lowest BCUT2D eigenvalue weighted by Crippen LogP contribution is -2.32. The maximum absolute atomic E-state index is 9.68. The highest BCUT2D eigenvalue weighted by Gasteiger charge is 2.25. The third-order valence-corrected chi connectivity index (χ3v) is 2.75. The van der Waals surface area contributed by atoms with Gasteiger partial charge in [0, 0.05) is 24.8 Å². The Hall–Kier alpha value is -1.46. The van der Waals surface area contributed by atoms with Crippen LogP contribution in [0.2, 0.25) is 0 Å². The van der Waals surface area contributed by atoms with Gasteiger partial charge in [0.25, 0.3) is 0 Å². The van der Waals surface area contributed by atoms with Gasteiger partial charge in [-0.2, -0.15) is 0 Å². The van der Waals surface area contributed by atoms with Crippen LogP contribution in [-0.2, 0) is 0 Å². The summed E-state index contributed by atoms with van der Waals surface area (Å²) >= 11 is 0. The van der Waals surface area contributed by atoms with Gasteiger partial charge in [0.1, 0.15) is 5.75 Å². The Balaban J connectivity index is 2.14. The molecule has 0 amide bonds. The molecule has 1 heterocycles. The van der Waals surface area contributed by atoms with Crippen LogP contribution in [0.5, 0.6) is 5.75 Å². The molecular weight excluding hydrogens is 206 g/mol. The molecule has 5 heteroatoms. The molecule has 0 aromatic heterocycles. The average molecular weight is 223 g/mol. The SMILES string of the molecule is COc1cc(N)ccc1N[C@H]1CNC[C@H]1O. The summed E-state index contributed by atoms with van der Waals surface area (Å²) in [6.45, 7) is 1.36. The van der Waals surface area contributed by atoms with Crippen LogP contribution in [-0.4, -0.2) is 37.5 Å². The third-order valence-electron chi connectivity index (χ3n) is 2.75. The van der Waals surface area contributed by atoms with Crippen LogP contribution in [0.15, 0.2) is 18.2 Å². The second-order valence-corrected chi connectivity index (χ2v) is 3.94. The maximum Gasteiger partial charge on any atom is 0.144 e. The van der Waals surface area contributed by atoms with Crippen molar-refractivity contribution < 1.29 is 9.84 Å². The summed E-state index contributed by atoms with van der Waals surface area (Å²) in [4.78, 5) is 0. The molecule has 0 aliphatic carbocycles. The number of methoxy groups -OCH3 is 1. The summed E-state index contributed by atoms with van der Waals surface area (Å²) < 4.78 is 5.23. The molecule has 1 aliphatic heterocycles. The fraction of sp³-hybridized carbons (Fsp3) is 0.455. The molecule has 5 nitrogen and oxygen atoms in total. The Morgan fingerprint density at radius 1 is 1.50 bits per heavy atom. The van der Waals surface area contributed by atoms with Crippen molar-refractivity contribution in [3.63, 3.8) is 0 Å². The Morgan fingerprint density at radius 2 is 2.31 bits per heavy atom. The first-order valence-electron chi connectivity index (χ1n) is 5.29. The minimum absolute atomic E-state index is 0.0116. The first kappa shape index (κ1) is 11.0. The minimum Gasteiger partial charge on any atom is -0.495 e. The monoisotopic (exact) mass is 223 g/mol. The largest absolute Gasteiger partial charge is 0.495 e. The number of aliphatic hydroxyl groups is 1. The van der Waals surface area contributed by atoms with E-state index in [4.69, 9.17) is 10.5 Å². The number of ether oxygens (including phenoxy) is 1. The second-order valence-electron chi connectivity index (χ2n) is 3.94. The van der Waals surface area contributed by atoms with Gasteiger partial charge in [0.15, 0.2) is 0 Å². The highest BCUT2D eigenvalue weighted by molar-refractivity contribution is 5.63. The molecule has 88 valence electrons. The van der Waals surface area contributed by atoms with Crippen molar-refractivity contribution in [2.45, 2.75) is 12.1 Å². The molecule has 0 spiro atoms. The summed E-state index contributed by atoms with van der Waals surface area (Å²) in [7, 11) is 1.60. The number of nitrogens with two attached hydrogens (primary N) is 1. The van der Waals surface area contributed by atoms with Crippen LogP contribution in [0.3, 0.4) is 0 Å². The zero-order valence-corrected chi connectivity index (χ0v) is 9.23. The number of benzene rings is 1. The minimum atomic E-state index is -0.373. The van der Waals surface area contributed by atoms with Gasteiger partial charge >= 0.3 is 0 Å². The number of β-amino-alcohol motifs (C(OH)–C–C–N with tert-alkyl or cyclic N) is 1. The fourth-order valence-electron chi connectivity index (χ4n) is 1.84. The van der Waals surface area contributed by atoms with Gasteiger partial charge in [-0.1, -0.05) is 0 Å². The molecule has 2 atom stereocenters. The fourth-order valence-corrected chi connectivity index (χ4v) is 1.84. The van der Waals surface area contributed by atoms with E-state index in [1.54, 1.807) is 19.2 Å². The number of nitrogens with one attached hydrogen (secondary N) is 2. The summed E-state index contributed by atoms with van der Waals surface area (Å²) in [6, 6.07) is 5.44. The van der Waals surface area contributed by atoms with E-state index in [-0.39, 0.29) is 12.1 Å². The Labute approximate surface area is 94.6 Å². The highest BCUT2D eigenvalue weighted by atomic mass is 16.5. The smallest absolute Gasteiger partial charge is 0.144 e. The molecule has 1 fully saturated rings. The molecule has 0 bridgehead atoms. The van der Waals surface area contributed by atoms with Crippen molar-refractivity contribution in [2.24, 2.45) is 0 Å². The second kappa shape index (κ2) is 4.59. The molecule has 1 aromatic rings. The van der Waals surface area contributed by atoms with Crippen molar-refractivity contribution in [3.05, 3.63) is 18.2 Å². The highest BCUT2D eigenvalue weighted by Crippen LogP contribution is 2.27. The summed E-state index contributed by atoms with van der Waals surface area (Å²) in [5, 5.41) is 16.0. The predicted octanol–water partition coefficient (Wildman–Crippen LogP) is 0.0220. The van der Waals surface area contributed by atoms with Gasteiger partial charge in [0.2, 0.25) is 0 Å². The van der Waals surface area contributed by atoms with Gasteiger partial charge in [-0.05, 0) is 12.1 Å². The average Bonchev–Trinajstić information content (AvgIpc) is 2.67. The van der Waals surface area contributed by atoms with Crippen LogP contribution in [0, 0.1) is 0 Å². The van der Waals surface area contributed by atoms with Crippen LogP contribution < -0.4 is 21.1 Å². The number of aliphatic hydroxyl groups excluding tert-OH is 1. The number of rotatable bonds is 3. The predicted molar refractivity (Wildman–Crippen MR) is 63.7 cm³/mol. The Kier molecular flexibility index (Phi) is 3.17. The van der Waals surface area contributed by atoms with E-state index >= 15 is 0 Å². The van der Waals surface area contributed by atoms with Crippen molar-refractivity contribution in [3.8, 4) is 5.75 Å².